The average Bonchev–Trinajstić information content (AvgIpc) is 2.48. The molecule has 0 amide bonds. The van der Waals surface area contributed by atoms with E-state index in [-0.39, 0.29) is 5.60 Å². The van der Waals surface area contributed by atoms with Gasteiger partial charge in [-0.2, -0.15) is 0 Å². The van der Waals surface area contributed by atoms with Crippen molar-refractivity contribution in [2.75, 3.05) is 19.6 Å². The molecule has 0 aliphatic heterocycles. The molecule has 0 fully saturated rings. The molecule has 0 saturated carbocycles. The van der Waals surface area contributed by atoms with E-state index < -0.39 is 24.7 Å². The van der Waals surface area contributed by atoms with Crippen molar-refractivity contribution in [3.8, 4) is 0 Å². The summed E-state index contributed by atoms with van der Waals surface area (Å²) in [7, 11) is -2.75. The first-order valence-corrected chi connectivity index (χ1v) is 22.7. The molecule has 3 nitrogen and oxygen atoms in total. The summed E-state index contributed by atoms with van der Waals surface area (Å²) in [4.78, 5) is 0. The fraction of sp³-hybridized carbons (Fsp3) is 1.00. The van der Waals surface area contributed by atoms with E-state index in [1.54, 1.807) is 0 Å². The molecule has 28 heavy (non-hydrogen) atoms. The van der Waals surface area contributed by atoms with Gasteiger partial charge in [-0.25, -0.2) is 0 Å². The Labute approximate surface area is 184 Å². The molecule has 7 heteroatoms. The second kappa shape index (κ2) is 12.0. The quantitative estimate of drug-likeness (QED) is 0.236. The van der Waals surface area contributed by atoms with Gasteiger partial charge >= 0.3 is 0 Å². The third kappa shape index (κ3) is 12.4. The summed E-state index contributed by atoms with van der Waals surface area (Å²) in [5, 5.41) is 0. The average molecular weight is 463 g/mol. The highest BCUT2D eigenvalue weighted by Crippen LogP contribution is 2.21. The number of hydrogen-bond donors (Lipinski definition) is 0. The summed E-state index contributed by atoms with van der Waals surface area (Å²) >= 11 is 0. The zero-order chi connectivity index (χ0) is 22.2. The lowest BCUT2D eigenvalue weighted by molar-refractivity contribution is 0.107. The largest absolute Gasteiger partial charge is 0.423 e. The molecular weight excluding hydrogens is 409 g/mol. The van der Waals surface area contributed by atoms with Crippen LogP contribution < -0.4 is 0 Å². The van der Waals surface area contributed by atoms with Crippen LogP contribution in [0.15, 0.2) is 0 Å². The maximum absolute atomic E-state index is 5.73. The summed E-state index contributed by atoms with van der Waals surface area (Å²) in [6, 6.07) is 0. The second-order valence-electron chi connectivity index (χ2n) is 12.1. The van der Waals surface area contributed by atoms with Crippen molar-refractivity contribution in [2.45, 2.75) is 117 Å². The standard InChI is InChI=1S/C21H54N2OSi4/c1-21(2,24-25)17-16-19-22(26(3,4)5)18-14-12-13-15-20-23(27(6,7)8)28(9,10)11/h12-20H2,1-11,25H3. The first-order valence-electron chi connectivity index (χ1n) is 11.6. The van der Waals surface area contributed by atoms with E-state index in [4.69, 9.17) is 4.43 Å². The van der Waals surface area contributed by atoms with Gasteiger partial charge in [0.15, 0.2) is 0 Å². The summed E-state index contributed by atoms with van der Waals surface area (Å²) in [6.07, 6.45) is 7.98. The van der Waals surface area contributed by atoms with Crippen LogP contribution in [0.4, 0.5) is 0 Å². The van der Waals surface area contributed by atoms with Crippen LogP contribution in [0, 0.1) is 0 Å². The van der Waals surface area contributed by atoms with Gasteiger partial charge < -0.3 is 13.2 Å². The van der Waals surface area contributed by atoms with Crippen LogP contribution in [0.1, 0.15) is 52.4 Å². The van der Waals surface area contributed by atoms with Gasteiger partial charge in [-0.15, -0.1) is 0 Å². The summed E-state index contributed by atoms with van der Waals surface area (Å²) in [6.45, 7) is 31.0. The fourth-order valence-corrected chi connectivity index (χ4v) is 15.8. The molecule has 0 rings (SSSR count). The maximum Gasteiger partial charge on any atom is 0.146 e. The zero-order valence-electron chi connectivity index (χ0n) is 21.7. The normalized spacial score (nSPS) is 14.5. The van der Waals surface area contributed by atoms with Crippen molar-refractivity contribution in [3.05, 3.63) is 0 Å². The smallest absolute Gasteiger partial charge is 0.146 e. The van der Waals surface area contributed by atoms with Gasteiger partial charge in [0, 0.05) is 5.60 Å². The molecule has 0 aliphatic rings. The van der Waals surface area contributed by atoms with Crippen molar-refractivity contribution in [1.29, 1.82) is 0 Å². The molecular formula is C21H54N2OSi4. The van der Waals surface area contributed by atoms with Crippen LogP contribution in [0.25, 0.3) is 0 Å². The number of hydrogen-bond acceptors (Lipinski definition) is 3. The number of rotatable bonds is 15. The molecule has 0 heterocycles. The van der Waals surface area contributed by atoms with Gasteiger partial charge in [-0.1, -0.05) is 71.8 Å². The highest BCUT2D eigenvalue weighted by molar-refractivity contribution is 6.89. The van der Waals surface area contributed by atoms with Gasteiger partial charge in [-0.05, 0) is 59.2 Å². The molecule has 0 N–H and O–H groups in total. The lowest BCUT2D eigenvalue weighted by Gasteiger charge is -2.43. The van der Waals surface area contributed by atoms with E-state index in [1.165, 1.54) is 58.2 Å². The Bertz CT molecular complexity index is 412. The molecule has 0 atom stereocenters. The van der Waals surface area contributed by atoms with E-state index in [2.05, 4.69) is 81.6 Å². The maximum atomic E-state index is 5.73. The molecule has 0 aliphatic carbocycles. The van der Waals surface area contributed by atoms with E-state index in [0.29, 0.717) is 0 Å². The van der Waals surface area contributed by atoms with Gasteiger partial charge in [0.25, 0.3) is 0 Å². The van der Waals surface area contributed by atoms with Crippen molar-refractivity contribution >= 4 is 35.2 Å². The van der Waals surface area contributed by atoms with E-state index in [0.717, 1.165) is 10.5 Å². The third-order valence-corrected chi connectivity index (χ3v) is 17.0. The molecule has 0 spiro atoms. The Balaban J connectivity index is 4.31. The van der Waals surface area contributed by atoms with Crippen molar-refractivity contribution < 1.29 is 4.43 Å². The van der Waals surface area contributed by atoms with E-state index >= 15 is 0 Å². The molecule has 170 valence electrons. The minimum absolute atomic E-state index is 0.0793. The van der Waals surface area contributed by atoms with Gasteiger partial charge in [0.1, 0.15) is 35.2 Å². The van der Waals surface area contributed by atoms with Crippen LogP contribution in [-0.2, 0) is 4.43 Å². The molecule has 0 unspecified atom stereocenters. The first kappa shape index (κ1) is 28.7. The molecule has 0 bridgehead atoms. The molecule has 0 radical (unpaired) electrons. The van der Waals surface area contributed by atoms with Crippen LogP contribution in [0.5, 0.6) is 0 Å². The van der Waals surface area contributed by atoms with Gasteiger partial charge in [0.05, 0.1) is 0 Å². The SMILES string of the molecule is CC(C)(CCCN(CCCCCCN([Si](C)(C)C)[Si](C)(C)C)[Si](C)(C)C)O[SiH3]. The van der Waals surface area contributed by atoms with Crippen molar-refractivity contribution in [3.63, 3.8) is 0 Å². The predicted octanol–water partition coefficient (Wildman–Crippen LogP) is 5.51. The van der Waals surface area contributed by atoms with Gasteiger partial charge in [-0.3, -0.25) is 0 Å². The highest BCUT2D eigenvalue weighted by atomic mass is 28.4. The van der Waals surface area contributed by atoms with Crippen LogP contribution in [0.2, 0.25) is 58.9 Å². The van der Waals surface area contributed by atoms with Crippen LogP contribution >= 0.6 is 0 Å². The zero-order valence-corrected chi connectivity index (χ0v) is 26.7. The number of unbranched alkanes of at least 4 members (excludes halogenated alkanes) is 3. The Morgan fingerprint density at radius 3 is 1.46 bits per heavy atom. The summed E-state index contributed by atoms with van der Waals surface area (Å²) in [5.74, 6) is 0. The van der Waals surface area contributed by atoms with Crippen LogP contribution in [0.3, 0.4) is 0 Å². The number of nitrogens with zero attached hydrogens (tertiary/aromatic N) is 2. The second-order valence-corrected chi connectivity index (χ2v) is 27.7. The Kier molecular flexibility index (Phi) is 12.3. The highest BCUT2D eigenvalue weighted by Gasteiger charge is 2.33. The van der Waals surface area contributed by atoms with Crippen molar-refractivity contribution in [1.82, 2.24) is 8.80 Å². The molecule has 0 aromatic carbocycles. The summed E-state index contributed by atoms with van der Waals surface area (Å²) in [5.41, 5.74) is 0.0793. The van der Waals surface area contributed by atoms with Crippen molar-refractivity contribution in [2.24, 2.45) is 0 Å². The first-order chi connectivity index (χ1) is 12.5. The Hall–Kier alpha value is 0.748. The third-order valence-electron chi connectivity index (χ3n) is 5.89. The minimum atomic E-state index is -1.23. The fourth-order valence-electron chi connectivity index (χ4n) is 4.18. The van der Waals surface area contributed by atoms with Crippen LogP contribution in [-0.4, -0.2) is 69.2 Å². The van der Waals surface area contributed by atoms with Gasteiger partial charge in [0.2, 0.25) is 0 Å². The monoisotopic (exact) mass is 462 g/mol. The van der Waals surface area contributed by atoms with E-state index in [1.807, 2.05) is 0 Å². The topological polar surface area (TPSA) is 15.7 Å². The summed E-state index contributed by atoms with van der Waals surface area (Å²) < 4.78 is 11.5. The lowest BCUT2D eigenvalue weighted by atomic mass is 10.0. The minimum Gasteiger partial charge on any atom is -0.423 e. The molecule has 0 aromatic heterocycles. The predicted molar refractivity (Wildman–Crippen MR) is 141 cm³/mol. The Morgan fingerprint density at radius 2 is 1.07 bits per heavy atom. The Morgan fingerprint density at radius 1 is 0.643 bits per heavy atom. The molecule has 0 aromatic rings. The molecule has 0 saturated heterocycles. The van der Waals surface area contributed by atoms with E-state index in [9.17, 15) is 0 Å². The lowest BCUT2D eigenvalue weighted by Crippen LogP contribution is -2.59.